The first-order valence-electron chi connectivity index (χ1n) is 5.25. The van der Waals surface area contributed by atoms with E-state index in [0.29, 0.717) is 0 Å². The highest BCUT2D eigenvalue weighted by atomic mass is 79.9. The van der Waals surface area contributed by atoms with E-state index in [1.807, 2.05) is 0 Å². The number of halogens is 3. The van der Waals surface area contributed by atoms with Crippen molar-refractivity contribution in [3.63, 3.8) is 0 Å². The molecule has 0 aromatic heterocycles. The first kappa shape index (κ1) is 17.0. The molecule has 6 nitrogen and oxygen atoms in total. The van der Waals surface area contributed by atoms with Crippen molar-refractivity contribution in [2.45, 2.75) is 10.8 Å². The van der Waals surface area contributed by atoms with E-state index < -0.39 is 34.9 Å². The molecule has 0 aliphatic heterocycles. The molecule has 1 rings (SSSR count). The summed E-state index contributed by atoms with van der Waals surface area (Å²) in [6, 6.07) is 3.47. The lowest BCUT2D eigenvalue weighted by molar-refractivity contribution is 0.0170. The molecule has 20 heavy (non-hydrogen) atoms. The van der Waals surface area contributed by atoms with Gasteiger partial charge in [-0.1, -0.05) is 15.9 Å². The molecule has 0 saturated carbocycles. The van der Waals surface area contributed by atoms with Crippen molar-refractivity contribution < 1.29 is 22.0 Å². The highest BCUT2D eigenvalue weighted by Crippen LogP contribution is 2.20. The van der Waals surface area contributed by atoms with Crippen LogP contribution < -0.4 is 16.2 Å². The van der Waals surface area contributed by atoms with Crippen molar-refractivity contribution in [3.8, 4) is 0 Å². The van der Waals surface area contributed by atoms with Crippen molar-refractivity contribution in [3.05, 3.63) is 28.2 Å². The molecule has 0 bridgehead atoms. The van der Waals surface area contributed by atoms with Crippen LogP contribution in [0.1, 0.15) is 10.4 Å². The molecule has 0 aliphatic carbocycles. The van der Waals surface area contributed by atoms with Crippen LogP contribution in [0.4, 0.5) is 8.78 Å². The van der Waals surface area contributed by atoms with Crippen LogP contribution in [-0.4, -0.2) is 33.3 Å². The zero-order chi connectivity index (χ0) is 15.6. The number of hydrogen-bond donors (Lipinski definition) is 3. The number of sulfonamides is 1. The number of amides is 1. The Morgan fingerprint density at radius 1 is 1.35 bits per heavy atom. The highest BCUT2D eigenvalue weighted by Gasteiger charge is 2.29. The fraction of sp³-hybridized carbons (Fsp3) is 0.300. The molecule has 112 valence electrons. The summed E-state index contributed by atoms with van der Waals surface area (Å²) in [6.45, 7) is -2.12. The topological polar surface area (TPSA) is 115 Å². The zero-order valence-corrected chi connectivity index (χ0v) is 12.5. The predicted molar refractivity (Wildman–Crippen MR) is 71.8 cm³/mol. The summed E-state index contributed by atoms with van der Waals surface area (Å²) in [5.74, 6) is -4.19. The van der Waals surface area contributed by atoms with Crippen LogP contribution in [0.25, 0.3) is 0 Å². The number of benzene rings is 1. The Morgan fingerprint density at radius 3 is 2.45 bits per heavy atom. The van der Waals surface area contributed by atoms with Crippen molar-refractivity contribution >= 4 is 31.9 Å². The monoisotopic (exact) mass is 371 g/mol. The lowest BCUT2D eigenvalue weighted by atomic mass is 10.2. The number of alkyl halides is 2. The van der Waals surface area contributed by atoms with Gasteiger partial charge in [0.15, 0.2) is 0 Å². The molecule has 5 N–H and O–H groups in total. The van der Waals surface area contributed by atoms with Crippen LogP contribution in [0.3, 0.4) is 0 Å². The van der Waals surface area contributed by atoms with E-state index in [1.54, 1.807) is 4.72 Å². The van der Waals surface area contributed by atoms with E-state index in [2.05, 4.69) is 15.9 Å². The van der Waals surface area contributed by atoms with Gasteiger partial charge >= 0.3 is 0 Å². The van der Waals surface area contributed by atoms with Crippen LogP contribution >= 0.6 is 15.9 Å². The van der Waals surface area contributed by atoms with Crippen molar-refractivity contribution in [2.75, 3.05) is 13.1 Å². The van der Waals surface area contributed by atoms with Gasteiger partial charge in [-0.05, 0) is 18.2 Å². The molecule has 0 spiro atoms. The quantitative estimate of drug-likeness (QED) is 0.671. The predicted octanol–water partition coefficient (Wildman–Crippen LogP) is 0.420. The number of primary amides is 1. The lowest BCUT2D eigenvalue weighted by Crippen LogP contribution is -2.41. The van der Waals surface area contributed by atoms with Crippen molar-refractivity contribution in [1.82, 2.24) is 4.72 Å². The molecule has 1 aromatic carbocycles. The molecular weight excluding hydrogens is 360 g/mol. The van der Waals surface area contributed by atoms with Gasteiger partial charge in [-0.2, -0.15) is 0 Å². The SMILES string of the molecule is NCC(F)(F)CNS(=O)(=O)c1cc(Br)cc(C(N)=O)c1. The molecule has 10 heteroatoms. The van der Waals surface area contributed by atoms with E-state index >= 15 is 0 Å². The molecule has 0 unspecified atom stereocenters. The fourth-order valence-electron chi connectivity index (χ4n) is 1.22. The van der Waals surface area contributed by atoms with Crippen molar-refractivity contribution in [1.29, 1.82) is 0 Å². The number of rotatable bonds is 6. The lowest BCUT2D eigenvalue weighted by Gasteiger charge is -2.15. The summed E-state index contributed by atoms with van der Waals surface area (Å²) in [5.41, 5.74) is 9.79. The average Bonchev–Trinajstić information content (AvgIpc) is 2.36. The second-order valence-corrected chi connectivity index (χ2v) is 6.61. The van der Waals surface area contributed by atoms with Crippen LogP contribution in [0.2, 0.25) is 0 Å². The molecule has 0 fully saturated rings. The second-order valence-electron chi connectivity index (χ2n) is 3.92. The Hall–Kier alpha value is -1.10. The Morgan fingerprint density at radius 2 is 1.95 bits per heavy atom. The summed E-state index contributed by atoms with van der Waals surface area (Å²) in [7, 11) is -4.21. The molecule has 0 radical (unpaired) electrons. The van der Waals surface area contributed by atoms with E-state index in [-0.39, 0.29) is 14.9 Å². The molecule has 0 aliphatic rings. The van der Waals surface area contributed by atoms with E-state index in [0.717, 1.165) is 12.1 Å². The van der Waals surface area contributed by atoms with Crippen molar-refractivity contribution in [2.24, 2.45) is 11.5 Å². The van der Waals surface area contributed by atoms with Gasteiger partial charge < -0.3 is 11.5 Å². The number of carbonyl (C=O) groups is 1. The first-order valence-corrected chi connectivity index (χ1v) is 7.53. The third-order valence-electron chi connectivity index (χ3n) is 2.29. The van der Waals surface area contributed by atoms with Gasteiger partial charge in [0.25, 0.3) is 5.92 Å². The molecule has 0 heterocycles. The third-order valence-corrected chi connectivity index (χ3v) is 4.12. The Kier molecular flexibility index (Phi) is 5.19. The van der Waals surface area contributed by atoms with E-state index in [4.69, 9.17) is 11.5 Å². The average molecular weight is 372 g/mol. The summed E-state index contributed by atoms with van der Waals surface area (Å²) >= 11 is 3.01. The van der Waals surface area contributed by atoms with Gasteiger partial charge in [0.05, 0.1) is 18.0 Å². The van der Waals surface area contributed by atoms with Crippen LogP contribution in [0.15, 0.2) is 27.6 Å². The number of carbonyl (C=O) groups excluding carboxylic acids is 1. The van der Waals surface area contributed by atoms with Gasteiger partial charge in [0.2, 0.25) is 15.9 Å². The molecule has 0 saturated heterocycles. The smallest absolute Gasteiger partial charge is 0.273 e. The van der Waals surface area contributed by atoms with E-state index in [1.165, 1.54) is 6.07 Å². The minimum atomic E-state index is -4.21. The van der Waals surface area contributed by atoms with Gasteiger partial charge in [-0.25, -0.2) is 21.9 Å². The number of nitrogens with one attached hydrogen (secondary N) is 1. The Balaban J connectivity index is 3.07. The minimum Gasteiger partial charge on any atom is -0.366 e. The standard InChI is InChI=1S/C10H12BrF2N3O3S/c11-7-1-6(9(15)17)2-8(3-7)20(18,19)16-5-10(12,13)4-14/h1-3,16H,4-5,14H2,(H2,15,17). The minimum absolute atomic E-state index is 0.0645. The zero-order valence-electron chi connectivity index (χ0n) is 10.1. The molecule has 1 aromatic rings. The third kappa shape index (κ3) is 4.47. The fourth-order valence-corrected chi connectivity index (χ4v) is 2.99. The summed E-state index contributed by atoms with van der Waals surface area (Å²) < 4.78 is 51.6. The maximum Gasteiger partial charge on any atom is 0.273 e. The van der Waals surface area contributed by atoms with Gasteiger partial charge in [0, 0.05) is 10.0 Å². The van der Waals surface area contributed by atoms with Gasteiger partial charge in [-0.15, -0.1) is 0 Å². The highest BCUT2D eigenvalue weighted by molar-refractivity contribution is 9.10. The number of nitrogens with two attached hydrogens (primary N) is 2. The van der Waals surface area contributed by atoms with Gasteiger partial charge in [0.1, 0.15) is 0 Å². The molecular formula is C10H12BrF2N3O3S. The largest absolute Gasteiger partial charge is 0.366 e. The molecule has 0 atom stereocenters. The summed E-state index contributed by atoms with van der Waals surface area (Å²) in [4.78, 5) is 10.7. The number of hydrogen-bond acceptors (Lipinski definition) is 4. The first-order chi connectivity index (χ1) is 9.07. The second kappa shape index (κ2) is 6.12. The van der Waals surface area contributed by atoms with Gasteiger partial charge in [-0.3, -0.25) is 4.79 Å². The maximum absolute atomic E-state index is 13.0. The van der Waals surface area contributed by atoms with Crippen LogP contribution in [0, 0.1) is 0 Å². The Bertz CT molecular complexity index is 622. The van der Waals surface area contributed by atoms with Crippen LogP contribution in [-0.2, 0) is 10.0 Å². The Labute approximate surface area is 122 Å². The summed E-state index contributed by atoms with van der Waals surface area (Å²) in [6.07, 6.45) is 0. The van der Waals surface area contributed by atoms with E-state index in [9.17, 15) is 22.0 Å². The molecule has 1 amide bonds. The summed E-state index contributed by atoms with van der Waals surface area (Å²) in [5, 5.41) is 0. The normalized spacial score (nSPS) is 12.4. The maximum atomic E-state index is 13.0. The van der Waals surface area contributed by atoms with Crippen LogP contribution in [0.5, 0.6) is 0 Å².